The summed E-state index contributed by atoms with van der Waals surface area (Å²) in [5, 5.41) is 3.52. The molecule has 1 aromatic heterocycles. The quantitative estimate of drug-likeness (QED) is 0.880. The maximum atomic E-state index is 12.3. The third-order valence-electron chi connectivity index (χ3n) is 3.07. The fraction of sp³-hybridized carbons (Fsp3) is 0.538. The second kappa shape index (κ2) is 6.68. The number of carbonyl (C=O) groups is 1. The topological polar surface area (TPSA) is 80.5 Å². The molecule has 0 radical (unpaired) electrons. The molecule has 1 unspecified atom stereocenters. The Morgan fingerprint density at radius 1 is 1.52 bits per heavy atom. The second-order valence-electron chi connectivity index (χ2n) is 5.11. The average Bonchev–Trinajstić information content (AvgIpc) is 2.42. The lowest BCUT2D eigenvalue weighted by Gasteiger charge is -2.36. The molecule has 0 aliphatic carbocycles. The Bertz CT molecular complexity index is 539. The molecule has 21 heavy (non-hydrogen) atoms. The van der Waals surface area contributed by atoms with Gasteiger partial charge in [0.25, 0.3) is 0 Å². The number of pyridine rings is 1. The van der Waals surface area contributed by atoms with Gasteiger partial charge in [0, 0.05) is 12.6 Å². The SMILES string of the molecule is CC(C)NC(=O)C1COCCN1c1nc(N)c(Cl)cc1Cl. The van der Waals surface area contributed by atoms with Gasteiger partial charge in [-0.2, -0.15) is 0 Å². The van der Waals surface area contributed by atoms with Crippen LogP contribution in [0.25, 0.3) is 0 Å². The third kappa shape index (κ3) is 3.70. The van der Waals surface area contributed by atoms with Gasteiger partial charge in [0.2, 0.25) is 5.91 Å². The number of hydrogen-bond acceptors (Lipinski definition) is 5. The van der Waals surface area contributed by atoms with Crippen LogP contribution in [0.15, 0.2) is 6.07 Å². The van der Waals surface area contributed by atoms with Crippen molar-refractivity contribution in [3.05, 3.63) is 16.1 Å². The third-order valence-corrected chi connectivity index (χ3v) is 3.65. The predicted octanol–water partition coefficient (Wildman–Crippen LogP) is 1.70. The molecule has 1 amide bonds. The highest BCUT2D eigenvalue weighted by Crippen LogP contribution is 2.31. The lowest BCUT2D eigenvalue weighted by molar-refractivity contribution is -0.125. The summed E-state index contributed by atoms with van der Waals surface area (Å²) in [5.41, 5.74) is 5.74. The molecule has 2 rings (SSSR count). The number of ether oxygens (including phenoxy) is 1. The standard InChI is InChI=1S/C13H18Cl2N4O2/c1-7(2)17-13(20)10-6-21-4-3-19(10)12-9(15)5-8(14)11(16)18-12/h5,7,10H,3-4,6H2,1-2H3,(H2,16,18)(H,17,20). The van der Waals surface area contributed by atoms with Crippen molar-refractivity contribution in [2.45, 2.75) is 25.9 Å². The van der Waals surface area contributed by atoms with Crippen LogP contribution in [-0.2, 0) is 9.53 Å². The van der Waals surface area contributed by atoms with E-state index in [2.05, 4.69) is 10.3 Å². The van der Waals surface area contributed by atoms with Crippen LogP contribution < -0.4 is 16.0 Å². The van der Waals surface area contributed by atoms with Crippen LogP contribution in [0, 0.1) is 0 Å². The van der Waals surface area contributed by atoms with Crippen molar-refractivity contribution in [3.8, 4) is 0 Å². The van der Waals surface area contributed by atoms with E-state index >= 15 is 0 Å². The van der Waals surface area contributed by atoms with E-state index in [1.54, 1.807) is 4.90 Å². The smallest absolute Gasteiger partial charge is 0.245 e. The van der Waals surface area contributed by atoms with Gasteiger partial charge in [-0.15, -0.1) is 0 Å². The molecule has 1 atom stereocenters. The van der Waals surface area contributed by atoms with Crippen LogP contribution in [0.3, 0.4) is 0 Å². The van der Waals surface area contributed by atoms with Crippen molar-refractivity contribution < 1.29 is 9.53 Å². The summed E-state index contributed by atoms with van der Waals surface area (Å²) in [6, 6.07) is 1.08. The molecule has 0 bridgehead atoms. The van der Waals surface area contributed by atoms with Crippen molar-refractivity contribution in [2.75, 3.05) is 30.4 Å². The minimum absolute atomic E-state index is 0.0417. The molecule has 1 saturated heterocycles. The van der Waals surface area contributed by atoms with E-state index in [0.717, 1.165) is 0 Å². The molecule has 116 valence electrons. The van der Waals surface area contributed by atoms with Crippen LogP contribution >= 0.6 is 23.2 Å². The number of morpholine rings is 1. The molecule has 3 N–H and O–H groups in total. The van der Waals surface area contributed by atoms with E-state index in [1.165, 1.54) is 6.07 Å². The van der Waals surface area contributed by atoms with Crippen molar-refractivity contribution in [1.82, 2.24) is 10.3 Å². The van der Waals surface area contributed by atoms with E-state index in [4.69, 9.17) is 33.7 Å². The Hall–Kier alpha value is -1.24. The monoisotopic (exact) mass is 332 g/mol. The van der Waals surface area contributed by atoms with Crippen LogP contribution in [0.1, 0.15) is 13.8 Å². The molecule has 1 aliphatic heterocycles. The second-order valence-corrected chi connectivity index (χ2v) is 5.92. The minimum Gasteiger partial charge on any atom is -0.382 e. The van der Waals surface area contributed by atoms with Gasteiger partial charge in [-0.25, -0.2) is 4.98 Å². The van der Waals surface area contributed by atoms with Crippen molar-refractivity contribution in [2.24, 2.45) is 0 Å². The van der Waals surface area contributed by atoms with Crippen molar-refractivity contribution >= 4 is 40.7 Å². The molecule has 2 heterocycles. The van der Waals surface area contributed by atoms with Crippen LogP contribution in [-0.4, -0.2) is 42.7 Å². The molecule has 8 heteroatoms. The molecule has 0 spiro atoms. The summed E-state index contributed by atoms with van der Waals surface area (Å²) in [6.07, 6.45) is 0. The number of aromatic nitrogens is 1. The Kier molecular flexibility index (Phi) is 5.13. The molecule has 0 saturated carbocycles. The fourth-order valence-electron chi connectivity index (χ4n) is 2.13. The van der Waals surface area contributed by atoms with Crippen LogP contribution in [0.5, 0.6) is 0 Å². The minimum atomic E-state index is -0.494. The zero-order valence-corrected chi connectivity index (χ0v) is 13.4. The highest BCUT2D eigenvalue weighted by molar-refractivity contribution is 6.37. The van der Waals surface area contributed by atoms with E-state index in [-0.39, 0.29) is 24.4 Å². The van der Waals surface area contributed by atoms with Gasteiger partial charge < -0.3 is 20.7 Å². The number of carbonyl (C=O) groups excluding carboxylic acids is 1. The largest absolute Gasteiger partial charge is 0.382 e. The Morgan fingerprint density at radius 2 is 2.24 bits per heavy atom. The first-order chi connectivity index (χ1) is 9.90. The van der Waals surface area contributed by atoms with E-state index < -0.39 is 6.04 Å². The molecule has 6 nitrogen and oxygen atoms in total. The highest BCUT2D eigenvalue weighted by atomic mass is 35.5. The molecule has 1 fully saturated rings. The lowest BCUT2D eigenvalue weighted by atomic mass is 10.2. The maximum Gasteiger partial charge on any atom is 0.245 e. The highest BCUT2D eigenvalue weighted by Gasteiger charge is 2.32. The molecular weight excluding hydrogens is 315 g/mol. The summed E-state index contributed by atoms with van der Waals surface area (Å²) in [4.78, 5) is 18.3. The van der Waals surface area contributed by atoms with E-state index in [9.17, 15) is 4.79 Å². The average molecular weight is 333 g/mol. The summed E-state index contributed by atoms with van der Waals surface area (Å²) < 4.78 is 5.40. The number of rotatable bonds is 3. The first kappa shape index (κ1) is 16.1. The number of anilines is 2. The van der Waals surface area contributed by atoms with E-state index in [1.807, 2.05) is 13.8 Å². The zero-order chi connectivity index (χ0) is 15.6. The Balaban J connectivity index is 2.30. The maximum absolute atomic E-state index is 12.3. The number of nitrogen functional groups attached to an aromatic ring is 1. The summed E-state index contributed by atoms with van der Waals surface area (Å²) in [5.74, 6) is 0.507. The fourth-order valence-corrected chi connectivity index (χ4v) is 2.59. The van der Waals surface area contributed by atoms with Crippen LogP contribution in [0.2, 0.25) is 10.0 Å². The number of nitrogens with zero attached hydrogens (tertiary/aromatic N) is 2. The van der Waals surface area contributed by atoms with Gasteiger partial charge in [-0.3, -0.25) is 4.79 Å². The molecule has 1 aromatic rings. The molecule has 1 aliphatic rings. The first-order valence-corrected chi connectivity index (χ1v) is 7.42. The number of hydrogen-bond donors (Lipinski definition) is 2. The normalized spacial score (nSPS) is 18.9. The Morgan fingerprint density at radius 3 is 2.90 bits per heavy atom. The predicted molar refractivity (Wildman–Crippen MR) is 83.9 cm³/mol. The molecular formula is C13H18Cl2N4O2. The number of amides is 1. The van der Waals surface area contributed by atoms with Crippen molar-refractivity contribution in [1.29, 1.82) is 0 Å². The van der Waals surface area contributed by atoms with Crippen LogP contribution in [0.4, 0.5) is 11.6 Å². The zero-order valence-electron chi connectivity index (χ0n) is 11.9. The number of halogens is 2. The lowest BCUT2D eigenvalue weighted by Crippen LogP contribution is -2.55. The van der Waals surface area contributed by atoms with Gasteiger partial charge >= 0.3 is 0 Å². The summed E-state index contributed by atoms with van der Waals surface area (Å²) in [6.45, 7) is 5.07. The van der Waals surface area contributed by atoms with Gasteiger partial charge in [0.05, 0.1) is 23.3 Å². The summed E-state index contributed by atoms with van der Waals surface area (Å²) >= 11 is 12.1. The Labute approximate surface area is 133 Å². The summed E-state index contributed by atoms with van der Waals surface area (Å²) in [7, 11) is 0. The number of nitrogens with one attached hydrogen (secondary N) is 1. The first-order valence-electron chi connectivity index (χ1n) is 6.66. The molecule has 0 aromatic carbocycles. The number of nitrogens with two attached hydrogens (primary N) is 1. The van der Waals surface area contributed by atoms with Gasteiger partial charge in [-0.05, 0) is 19.9 Å². The van der Waals surface area contributed by atoms with Gasteiger partial charge in [0.15, 0.2) is 5.82 Å². The van der Waals surface area contributed by atoms with Gasteiger partial charge in [-0.1, -0.05) is 23.2 Å². The van der Waals surface area contributed by atoms with E-state index in [0.29, 0.717) is 29.0 Å². The van der Waals surface area contributed by atoms with Crippen molar-refractivity contribution in [3.63, 3.8) is 0 Å². The van der Waals surface area contributed by atoms with Gasteiger partial charge in [0.1, 0.15) is 11.9 Å².